The Balaban J connectivity index is 0.000000531. The van der Waals surface area contributed by atoms with Gasteiger partial charge in [0.25, 0.3) is 0 Å². The molecular weight excluding hydrogens is 184 g/mol. The molecule has 0 aliphatic heterocycles. The Morgan fingerprint density at radius 2 is 1.67 bits per heavy atom. The van der Waals surface area contributed by atoms with Gasteiger partial charge in [0.2, 0.25) is 0 Å². The van der Waals surface area contributed by atoms with Crippen LogP contribution < -0.4 is 0 Å². The summed E-state index contributed by atoms with van der Waals surface area (Å²) in [5.74, 6) is 0. The van der Waals surface area contributed by atoms with Gasteiger partial charge >= 0.3 is 0 Å². The Kier molecular flexibility index (Phi) is 3.51. The van der Waals surface area contributed by atoms with Crippen molar-refractivity contribution in [3.05, 3.63) is 29.1 Å². The largest absolute Gasteiger partial charge is 0.346 e. The average Bonchev–Trinajstić information content (AvgIpc) is 2.47. The predicted molar refractivity (Wildman–Crippen MR) is 66.3 cm³/mol. The van der Waals surface area contributed by atoms with Crippen LogP contribution in [0.2, 0.25) is 0 Å². The first-order chi connectivity index (χ1) is 7.11. The maximum absolute atomic E-state index is 4.54. The molecule has 2 nitrogen and oxygen atoms in total. The van der Waals surface area contributed by atoms with E-state index in [1.165, 1.54) is 16.8 Å². The Morgan fingerprint density at radius 1 is 1.07 bits per heavy atom. The van der Waals surface area contributed by atoms with E-state index in [0.717, 1.165) is 11.2 Å². The van der Waals surface area contributed by atoms with E-state index < -0.39 is 0 Å². The molecule has 0 saturated heterocycles. The fourth-order valence-corrected chi connectivity index (χ4v) is 1.70. The first kappa shape index (κ1) is 11.8. The quantitative estimate of drug-likeness (QED) is 0.642. The second kappa shape index (κ2) is 4.47. The molecule has 0 fully saturated rings. The number of nitrogens with zero attached hydrogens (tertiary/aromatic N) is 2. The molecule has 15 heavy (non-hydrogen) atoms. The summed E-state index contributed by atoms with van der Waals surface area (Å²) in [6.07, 6.45) is 0. The standard InChI is InChI=1S/C11H14N2.C2H6/c1-7-5-6-10-11(12-7)8(2)9(3)13(10)4;1-2/h5-6H,1-4H3;1-2H3. The highest BCUT2D eigenvalue weighted by atomic mass is 15.0. The molecule has 0 radical (unpaired) electrons. The number of pyridine rings is 1. The SMILES string of the molecule is CC.Cc1ccc2c(n1)c(C)c(C)n2C. The van der Waals surface area contributed by atoms with Gasteiger partial charge in [0.1, 0.15) is 0 Å². The number of hydrogen-bond donors (Lipinski definition) is 0. The van der Waals surface area contributed by atoms with Crippen molar-refractivity contribution in [2.75, 3.05) is 0 Å². The number of rotatable bonds is 0. The number of hydrogen-bond acceptors (Lipinski definition) is 1. The molecule has 82 valence electrons. The van der Waals surface area contributed by atoms with Crippen LogP contribution >= 0.6 is 0 Å². The topological polar surface area (TPSA) is 17.8 Å². The molecule has 2 rings (SSSR count). The summed E-state index contributed by atoms with van der Waals surface area (Å²) in [6, 6.07) is 4.19. The van der Waals surface area contributed by atoms with Gasteiger partial charge in [-0.1, -0.05) is 13.8 Å². The van der Waals surface area contributed by atoms with Crippen molar-refractivity contribution in [2.45, 2.75) is 34.6 Å². The Morgan fingerprint density at radius 3 is 2.27 bits per heavy atom. The normalized spacial score (nSPS) is 10.0. The molecule has 0 aliphatic rings. The Hall–Kier alpha value is -1.31. The first-order valence-corrected chi connectivity index (χ1v) is 5.50. The van der Waals surface area contributed by atoms with Gasteiger partial charge < -0.3 is 4.57 Å². The van der Waals surface area contributed by atoms with Crippen LogP contribution in [-0.4, -0.2) is 9.55 Å². The maximum atomic E-state index is 4.54. The molecule has 0 N–H and O–H groups in total. The molecular formula is C13H20N2. The molecule has 2 heteroatoms. The van der Waals surface area contributed by atoms with E-state index in [4.69, 9.17) is 0 Å². The summed E-state index contributed by atoms with van der Waals surface area (Å²) in [7, 11) is 2.08. The van der Waals surface area contributed by atoms with Crippen molar-refractivity contribution in [3.8, 4) is 0 Å². The lowest BCUT2D eigenvalue weighted by atomic mass is 10.2. The molecule has 0 aromatic carbocycles. The fraction of sp³-hybridized carbons (Fsp3) is 0.462. The summed E-state index contributed by atoms with van der Waals surface area (Å²) < 4.78 is 2.19. The number of fused-ring (bicyclic) bond motifs is 1. The van der Waals surface area contributed by atoms with Crippen molar-refractivity contribution < 1.29 is 0 Å². The summed E-state index contributed by atoms with van der Waals surface area (Å²) in [5, 5.41) is 0. The summed E-state index contributed by atoms with van der Waals surface area (Å²) in [6.45, 7) is 10.3. The maximum Gasteiger partial charge on any atom is 0.0915 e. The van der Waals surface area contributed by atoms with Gasteiger partial charge in [-0.25, -0.2) is 0 Å². The van der Waals surface area contributed by atoms with E-state index in [-0.39, 0.29) is 0 Å². The van der Waals surface area contributed by atoms with Crippen molar-refractivity contribution >= 4 is 11.0 Å². The lowest BCUT2D eigenvalue weighted by Crippen LogP contribution is -1.90. The van der Waals surface area contributed by atoms with E-state index >= 15 is 0 Å². The third-order valence-electron chi connectivity index (χ3n) is 2.78. The molecule has 2 aromatic rings. The third-order valence-corrected chi connectivity index (χ3v) is 2.78. The van der Waals surface area contributed by atoms with E-state index in [0.29, 0.717) is 0 Å². The van der Waals surface area contributed by atoms with Gasteiger partial charge in [-0.05, 0) is 38.5 Å². The number of aromatic nitrogens is 2. The molecule has 0 aliphatic carbocycles. The lowest BCUT2D eigenvalue weighted by Gasteiger charge is -1.97. The predicted octanol–water partition coefficient (Wildman–Crippen LogP) is 3.52. The highest BCUT2D eigenvalue weighted by molar-refractivity contribution is 5.81. The molecule has 2 heterocycles. The first-order valence-electron chi connectivity index (χ1n) is 5.50. The van der Waals surface area contributed by atoms with Crippen molar-refractivity contribution in [3.63, 3.8) is 0 Å². The summed E-state index contributed by atoms with van der Waals surface area (Å²) in [4.78, 5) is 4.54. The lowest BCUT2D eigenvalue weighted by molar-refractivity contribution is 0.910. The molecule has 0 atom stereocenters. The zero-order valence-corrected chi connectivity index (χ0v) is 10.5. The summed E-state index contributed by atoms with van der Waals surface area (Å²) >= 11 is 0. The van der Waals surface area contributed by atoms with Crippen molar-refractivity contribution in [2.24, 2.45) is 7.05 Å². The van der Waals surface area contributed by atoms with E-state index in [2.05, 4.69) is 42.6 Å². The highest BCUT2D eigenvalue weighted by Gasteiger charge is 2.08. The minimum atomic E-state index is 1.08. The van der Waals surface area contributed by atoms with Gasteiger partial charge in [-0.15, -0.1) is 0 Å². The van der Waals surface area contributed by atoms with Crippen molar-refractivity contribution in [1.82, 2.24) is 9.55 Å². The molecule has 0 saturated carbocycles. The van der Waals surface area contributed by atoms with E-state index in [1.54, 1.807) is 0 Å². The smallest absolute Gasteiger partial charge is 0.0915 e. The Labute approximate surface area is 91.9 Å². The van der Waals surface area contributed by atoms with E-state index in [9.17, 15) is 0 Å². The average molecular weight is 204 g/mol. The zero-order valence-electron chi connectivity index (χ0n) is 10.5. The third kappa shape index (κ3) is 1.89. The van der Waals surface area contributed by atoms with Gasteiger partial charge in [-0.2, -0.15) is 0 Å². The monoisotopic (exact) mass is 204 g/mol. The highest BCUT2D eigenvalue weighted by Crippen LogP contribution is 2.21. The van der Waals surface area contributed by atoms with E-state index in [1.807, 2.05) is 20.8 Å². The molecule has 0 bridgehead atoms. The molecule has 0 spiro atoms. The zero-order chi connectivity index (χ0) is 11.6. The van der Waals surface area contributed by atoms with Gasteiger partial charge in [-0.3, -0.25) is 4.98 Å². The van der Waals surface area contributed by atoms with Crippen molar-refractivity contribution in [1.29, 1.82) is 0 Å². The molecule has 0 unspecified atom stereocenters. The summed E-state index contributed by atoms with van der Waals surface area (Å²) in [5.41, 5.74) is 6.04. The fourth-order valence-electron chi connectivity index (χ4n) is 1.70. The van der Waals surface area contributed by atoms with Crippen LogP contribution in [0.4, 0.5) is 0 Å². The van der Waals surface area contributed by atoms with Crippen LogP contribution in [0.25, 0.3) is 11.0 Å². The molecule has 0 amide bonds. The van der Waals surface area contributed by atoms with Crippen LogP contribution in [0, 0.1) is 20.8 Å². The number of aryl methyl sites for hydroxylation is 3. The van der Waals surface area contributed by atoms with Crippen LogP contribution in [0.15, 0.2) is 12.1 Å². The van der Waals surface area contributed by atoms with Crippen LogP contribution in [-0.2, 0) is 7.05 Å². The van der Waals surface area contributed by atoms with Crippen LogP contribution in [0.5, 0.6) is 0 Å². The second-order valence-electron chi connectivity index (χ2n) is 3.59. The van der Waals surface area contributed by atoms with Gasteiger partial charge in [0.15, 0.2) is 0 Å². The van der Waals surface area contributed by atoms with Gasteiger partial charge in [0.05, 0.1) is 11.0 Å². The Bertz CT molecular complexity index is 467. The van der Waals surface area contributed by atoms with Gasteiger partial charge in [0, 0.05) is 18.4 Å². The van der Waals surface area contributed by atoms with Crippen LogP contribution in [0.1, 0.15) is 30.8 Å². The minimum Gasteiger partial charge on any atom is -0.346 e. The van der Waals surface area contributed by atoms with Crippen LogP contribution in [0.3, 0.4) is 0 Å². The second-order valence-corrected chi connectivity index (χ2v) is 3.59. The minimum absolute atomic E-state index is 1.08. The molecule has 2 aromatic heterocycles.